The zero-order valence-electron chi connectivity index (χ0n) is 8.49. The van der Waals surface area contributed by atoms with E-state index in [-0.39, 0.29) is 0 Å². The van der Waals surface area contributed by atoms with Gasteiger partial charge in [-0.15, -0.1) is 0 Å². The highest BCUT2D eigenvalue weighted by atomic mass is 16.7. The third-order valence-electron chi connectivity index (χ3n) is 3.60. The van der Waals surface area contributed by atoms with E-state index in [0.717, 1.165) is 29.3 Å². The lowest BCUT2D eigenvalue weighted by atomic mass is 10.1. The van der Waals surface area contributed by atoms with Gasteiger partial charge in [0.25, 0.3) is 0 Å². The lowest BCUT2D eigenvalue weighted by Crippen LogP contribution is -1.92. The molecule has 1 aromatic rings. The third-order valence-corrected chi connectivity index (χ3v) is 3.60. The van der Waals surface area contributed by atoms with Gasteiger partial charge in [0.2, 0.25) is 6.79 Å². The van der Waals surface area contributed by atoms with Crippen LogP contribution in [0.25, 0.3) is 0 Å². The smallest absolute Gasteiger partial charge is 0.231 e. The maximum Gasteiger partial charge on any atom is 0.231 e. The summed E-state index contributed by atoms with van der Waals surface area (Å²) in [6.07, 6.45) is 0. The van der Waals surface area contributed by atoms with Crippen molar-refractivity contribution in [3.05, 3.63) is 23.8 Å². The summed E-state index contributed by atoms with van der Waals surface area (Å²) in [4.78, 5) is 0. The summed E-state index contributed by atoms with van der Waals surface area (Å²) >= 11 is 0. The summed E-state index contributed by atoms with van der Waals surface area (Å²) in [5.41, 5.74) is 1.40. The Balaban J connectivity index is 1.94. The van der Waals surface area contributed by atoms with Crippen LogP contribution in [-0.2, 0) is 0 Å². The van der Waals surface area contributed by atoms with E-state index in [4.69, 9.17) is 9.47 Å². The van der Waals surface area contributed by atoms with Gasteiger partial charge in [-0.2, -0.15) is 0 Å². The fraction of sp³-hybridized carbons (Fsp3) is 0.500. The summed E-state index contributed by atoms with van der Waals surface area (Å²) in [5.74, 6) is 4.15. The van der Waals surface area contributed by atoms with Crippen LogP contribution in [0.5, 0.6) is 11.5 Å². The average Bonchev–Trinajstić information content (AvgIpc) is 2.67. The van der Waals surface area contributed by atoms with Crippen molar-refractivity contribution < 1.29 is 9.47 Å². The number of rotatable bonds is 1. The Bertz CT molecular complexity index is 365. The Morgan fingerprint density at radius 1 is 1.07 bits per heavy atom. The fourth-order valence-electron chi connectivity index (χ4n) is 2.39. The molecule has 2 nitrogen and oxygen atoms in total. The van der Waals surface area contributed by atoms with Crippen LogP contribution in [0, 0.1) is 11.8 Å². The van der Waals surface area contributed by atoms with E-state index in [1.165, 1.54) is 5.56 Å². The second-order valence-electron chi connectivity index (χ2n) is 4.36. The van der Waals surface area contributed by atoms with E-state index in [1.807, 2.05) is 6.07 Å². The molecule has 1 heterocycles. The molecule has 0 bridgehead atoms. The first-order chi connectivity index (χ1) is 6.77. The molecule has 1 aromatic carbocycles. The van der Waals surface area contributed by atoms with Crippen molar-refractivity contribution >= 4 is 0 Å². The minimum atomic E-state index is 0.370. The van der Waals surface area contributed by atoms with Crippen LogP contribution >= 0.6 is 0 Å². The van der Waals surface area contributed by atoms with Crippen LogP contribution in [0.4, 0.5) is 0 Å². The van der Waals surface area contributed by atoms with E-state index in [0.29, 0.717) is 6.79 Å². The second kappa shape index (κ2) is 2.66. The van der Waals surface area contributed by atoms with Crippen LogP contribution in [0.1, 0.15) is 25.3 Å². The van der Waals surface area contributed by atoms with Crippen molar-refractivity contribution in [1.82, 2.24) is 0 Å². The molecule has 3 rings (SSSR count). The number of ether oxygens (including phenoxy) is 2. The minimum absolute atomic E-state index is 0.370. The van der Waals surface area contributed by atoms with Gasteiger partial charge in [-0.3, -0.25) is 0 Å². The molecular weight excluding hydrogens is 176 g/mol. The van der Waals surface area contributed by atoms with Crippen molar-refractivity contribution in [2.75, 3.05) is 6.79 Å². The molecule has 0 radical (unpaired) electrons. The van der Waals surface area contributed by atoms with Gasteiger partial charge in [-0.25, -0.2) is 0 Å². The molecular formula is C12H14O2. The van der Waals surface area contributed by atoms with Crippen molar-refractivity contribution in [1.29, 1.82) is 0 Å². The standard InChI is InChI=1S/C12H14O2/c1-7-8(2)12(7)9-3-4-10-11(5-9)14-6-13-10/h3-5,7-8,12H,6H2,1-2H3. The summed E-state index contributed by atoms with van der Waals surface area (Å²) in [6, 6.07) is 6.32. The van der Waals surface area contributed by atoms with Crippen molar-refractivity contribution in [3.63, 3.8) is 0 Å². The second-order valence-corrected chi connectivity index (χ2v) is 4.36. The monoisotopic (exact) mass is 190 g/mol. The first kappa shape index (κ1) is 8.16. The SMILES string of the molecule is CC1C(C)C1c1ccc2c(c1)OCO2. The van der Waals surface area contributed by atoms with E-state index >= 15 is 0 Å². The molecule has 74 valence electrons. The molecule has 0 saturated heterocycles. The van der Waals surface area contributed by atoms with Gasteiger partial charge in [-0.05, 0) is 35.4 Å². The molecule has 0 spiro atoms. The molecule has 1 fully saturated rings. The molecule has 0 aromatic heterocycles. The van der Waals surface area contributed by atoms with Gasteiger partial charge >= 0.3 is 0 Å². The highest BCUT2D eigenvalue weighted by Crippen LogP contribution is 2.54. The molecule has 14 heavy (non-hydrogen) atoms. The first-order valence-corrected chi connectivity index (χ1v) is 5.17. The predicted octanol–water partition coefficient (Wildman–Crippen LogP) is 2.78. The van der Waals surface area contributed by atoms with Crippen LogP contribution < -0.4 is 9.47 Å². The quantitative estimate of drug-likeness (QED) is 0.678. The number of hydrogen-bond acceptors (Lipinski definition) is 2. The maximum absolute atomic E-state index is 5.37. The molecule has 2 unspecified atom stereocenters. The van der Waals surface area contributed by atoms with Crippen molar-refractivity contribution in [3.8, 4) is 11.5 Å². The van der Waals surface area contributed by atoms with Gasteiger partial charge < -0.3 is 9.47 Å². The van der Waals surface area contributed by atoms with Crippen molar-refractivity contribution in [2.45, 2.75) is 19.8 Å². The molecule has 1 saturated carbocycles. The van der Waals surface area contributed by atoms with Gasteiger partial charge in [0.1, 0.15) is 0 Å². The predicted molar refractivity (Wildman–Crippen MR) is 53.6 cm³/mol. The molecule has 1 aliphatic heterocycles. The zero-order chi connectivity index (χ0) is 9.71. The Kier molecular flexibility index (Phi) is 1.55. The van der Waals surface area contributed by atoms with Crippen LogP contribution in [0.15, 0.2) is 18.2 Å². The molecule has 0 amide bonds. The van der Waals surface area contributed by atoms with Crippen molar-refractivity contribution in [2.24, 2.45) is 11.8 Å². The van der Waals surface area contributed by atoms with E-state index in [1.54, 1.807) is 0 Å². The zero-order valence-corrected chi connectivity index (χ0v) is 8.49. The molecule has 2 heteroatoms. The molecule has 2 aliphatic rings. The first-order valence-electron chi connectivity index (χ1n) is 5.17. The molecule has 2 atom stereocenters. The van der Waals surface area contributed by atoms with Gasteiger partial charge in [0.05, 0.1) is 0 Å². The number of fused-ring (bicyclic) bond motifs is 1. The van der Waals surface area contributed by atoms with E-state index in [9.17, 15) is 0 Å². The lowest BCUT2D eigenvalue weighted by Gasteiger charge is -2.01. The minimum Gasteiger partial charge on any atom is -0.454 e. The van der Waals surface area contributed by atoms with Gasteiger partial charge in [-0.1, -0.05) is 19.9 Å². The third kappa shape index (κ3) is 1.03. The van der Waals surface area contributed by atoms with Crippen LogP contribution in [-0.4, -0.2) is 6.79 Å². The highest BCUT2D eigenvalue weighted by molar-refractivity contribution is 5.46. The highest BCUT2D eigenvalue weighted by Gasteiger charge is 2.44. The van der Waals surface area contributed by atoms with Gasteiger partial charge in [0, 0.05) is 0 Å². The van der Waals surface area contributed by atoms with E-state index in [2.05, 4.69) is 26.0 Å². The normalized spacial score (nSPS) is 33.1. The Morgan fingerprint density at radius 2 is 1.79 bits per heavy atom. The fourth-order valence-corrected chi connectivity index (χ4v) is 2.39. The summed E-state index contributed by atoms with van der Waals surface area (Å²) in [7, 11) is 0. The van der Waals surface area contributed by atoms with Crippen LogP contribution in [0.3, 0.4) is 0 Å². The largest absolute Gasteiger partial charge is 0.454 e. The summed E-state index contributed by atoms with van der Waals surface area (Å²) in [5, 5.41) is 0. The number of benzene rings is 1. The molecule has 1 aliphatic carbocycles. The Morgan fingerprint density at radius 3 is 2.50 bits per heavy atom. The lowest BCUT2D eigenvalue weighted by molar-refractivity contribution is 0.174. The summed E-state index contributed by atoms with van der Waals surface area (Å²) < 4.78 is 10.7. The Hall–Kier alpha value is -1.18. The molecule has 0 N–H and O–H groups in total. The van der Waals surface area contributed by atoms with Gasteiger partial charge in [0.15, 0.2) is 11.5 Å². The topological polar surface area (TPSA) is 18.5 Å². The van der Waals surface area contributed by atoms with Crippen LogP contribution in [0.2, 0.25) is 0 Å². The summed E-state index contributed by atoms with van der Waals surface area (Å²) in [6.45, 7) is 4.98. The maximum atomic E-state index is 5.37. The number of hydrogen-bond donors (Lipinski definition) is 0. The average molecular weight is 190 g/mol. The Labute approximate surface area is 83.8 Å². The van der Waals surface area contributed by atoms with E-state index < -0.39 is 0 Å².